The van der Waals surface area contributed by atoms with Crippen molar-refractivity contribution in [2.24, 2.45) is 0 Å². The van der Waals surface area contributed by atoms with Gasteiger partial charge in [0.2, 0.25) is 5.91 Å². The predicted octanol–water partition coefficient (Wildman–Crippen LogP) is 2.24. The van der Waals surface area contributed by atoms with Crippen molar-refractivity contribution in [3.05, 3.63) is 40.6 Å². The molecule has 1 aromatic carbocycles. The molecular formula is C14H17FN4O2S. The zero-order valence-corrected chi connectivity index (χ0v) is 13.1. The van der Waals surface area contributed by atoms with Crippen molar-refractivity contribution in [1.82, 2.24) is 14.8 Å². The number of benzene rings is 1. The summed E-state index contributed by atoms with van der Waals surface area (Å²) in [7, 11) is 0. The molecule has 0 aliphatic carbocycles. The van der Waals surface area contributed by atoms with Crippen molar-refractivity contribution in [3.63, 3.8) is 0 Å². The van der Waals surface area contributed by atoms with Crippen LogP contribution in [0.1, 0.15) is 20.3 Å². The highest BCUT2D eigenvalue weighted by atomic mass is 32.2. The minimum atomic E-state index is -0.448. The van der Waals surface area contributed by atoms with Gasteiger partial charge in [0.15, 0.2) is 5.16 Å². The third-order valence-corrected chi connectivity index (χ3v) is 4.02. The van der Waals surface area contributed by atoms with Crippen LogP contribution in [0.2, 0.25) is 0 Å². The molecule has 118 valence electrons. The first-order valence-electron chi connectivity index (χ1n) is 6.89. The Labute approximate surface area is 131 Å². The number of anilines is 1. The molecule has 1 amide bonds. The molecule has 0 unspecified atom stereocenters. The van der Waals surface area contributed by atoms with E-state index in [-0.39, 0.29) is 17.4 Å². The lowest BCUT2D eigenvalue weighted by Crippen LogP contribution is -2.24. The molecule has 0 saturated carbocycles. The second-order valence-electron chi connectivity index (χ2n) is 4.72. The Bertz CT molecular complexity index is 696. The molecule has 2 aromatic rings. The molecule has 0 spiro atoms. The van der Waals surface area contributed by atoms with Crippen molar-refractivity contribution in [3.8, 4) is 0 Å². The molecule has 8 heteroatoms. The maximum Gasteiger partial charge on any atom is 0.343 e. The number of carbonyl (C=O) groups is 1. The number of aromatic nitrogens is 3. The van der Waals surface area contributed by atoms with Gasteiger partial charge in [-0.2, -0.15) is 0 Å². The highest BCUT2D eigenvalue weighted by Crippen LogP contribution is 2.21. The summed E-state index contributed by atoms with van der Waals surface area (Å²) in [5.41, 5.74) is 0.238. The van der Waals surface area contributed by atoms with Crippen LogP contribution in [-0.4, -0.2) is 25.9 Å². The van der Waals surface area contributed by atoms with E-state index in [2.05, 4.69) is 15.5 Å². The van der Waals surface area contributed by atoms with Crippen LogP contribution in [-0.2, 0) is 11.3 Å². The van der Waals surface area contributed by atoms with E-state index in [0.29, 0.717) is 17.4 Å². The number of thioether (sulfide) groups is 1. The van der Waals surface area contributed by atoms with E-state index >= 15 is 0 Å². The smallest absolute Gasteiger partial charge is 0.325 e. The fraction of sp³-hybridized carbons (Fsp3) is 0.357. The number of hydrogen-bond acceptors (Lipinski definition) is 4. The maximum atomic E-state index is 12.8. The molecular weight excluding hydrogens is 307 g/mol. The van der Waals surface area contributed by atoms with Gasteiger partial charge < -0.3 is 5.32 Å². The number of rotatable bonds is 6. The molecule has 0 fully saturated rings. The van der Waals surface area contributed by atoms with Crippen LogP contribution < -0.4 is 11.0 Å². The summed E-state index contributed by atoms with van der Waals surface area (Å²) in [5.74, 6) is -0.601. The standard InChI is InChI=1S/C14H17FN4O2S/c1-3-8-19-13(21)17-18-14(19)22-9(2)12(20)16-11-6-4-10(15)5-7-11/h4-7,9H,3,8H2,1-2H3,(H,16,20)(H,17,21)/t9-/m1/s1. The monoisotopic (exact) mass is 324 g/mol. The molecule has 22 heavy (non-hydrogen) atoms. The summed E-state index contributed by atoms with van der Waals surface area (Å²) in [5, 5.41) is 9.05. The molecule has 2 N–H and O–H groups in total. The largest absolute Gasteiger partial charge is 0.343 e. The van der Waals surface area contributed by atoms with Gasteiger partial charge in [0, 0.05) is 12.2 Å². The minimum absolute atomic E-state index is 0.241. The van der Waals surface area contributed by atoms with Crippen LogP contribution in [0.3, 0.4) is 0 Å². The fourth-order valence-corrected chi connectivity index (χ4v) is 2.68. The number of nitrogens with one attached hydrogen (secondary N) is 2. The maximum absolute atomic E-state index is 12.8. The first kappa shape index (κ1) is 16.3. The lowest BCUT2D eigenvalue weighted by molar-refractivity contribution is -0.115. The SMILES string of the molecule is CCCn1c(S[C@H](C)C(=O)Nc2ccc(F)cc2)n[nH]c1=O. The molecule has 0 bridgehead atoms. The molecule has 0 aliphatic heterocycles. The van der Waals surface area contributed by atoms with Gasteiger partial charge in [-0.05, 0) is 37.6 Å². The van der Waals surface area contributed by atoms with Gasteiger partial charge in [-0.1, -0.05) is 18.7 Å². The summed E-state index contributed by atoms with van der Waals surface area (Å²) in [6.45, 7) is 4.22. The van der Waals surface area contributed by atoms with Crippen molar-refractivity contribution in [2.75, 3.05) is 5.32 Å². The van der Waals surface area contributed by atoms with E-state index in [1.807, 2.05) is 6.92 Å². The molecule has 0 saturated heterocycles. The second kappa shape index (κ2) is 7.26. The van der Waals surface area contributed by atoms with E-state index in [1.165, 1.54) is 40.6 Å². The summed E-state index contributed by atoms with van der Waals surface area (Å²) in [6.07, 6.45) is 0.795. The summed E-state index contributed by atoms with van der Waals surface area (Å²) >= 11 is 1.20. The zero-order chi connectivity index (χ0) is 16.1. The Balaban J connectivity index is 2.02. The topological polar surface area (TPSA) is 79.8 Å². The average molecular weight is 324 g/mol. The van der Waals surface area contributed by atoms with Crippen LogP contribution in [0.15, 0.2) is 34.2 Å². The normalized spacial score (nSPS) is 12.1. The molecule has 1 heterocycles. The Hall–Kier alpha value is -2.09. The Morgan fingerprint density at radius 3 is 2.77 bits per heavy atom. The molecule has 0 aliphatic rings. The van der Waals surface area contributed by atoms with E-state index in [1.54, 1.807) is 6.92 Å². The molecule has 1 atom stereocenters. The molecule has 0 radical (unpaired) electrons. The number of nitrogens with zero attached hydrogens (tertiary/aromatic N) is 2. The van der Waals surface area contributed by atoms with Gasteiger partial charge in [-0.3, -0.25) is 9.36 Å². The van der Waals surface area contributed by atoms with Crippen LogP contribution in [0.25, 0.3) is 0 Å². The number of H-pyrrole nitrogens is 1. The Kier molecular flexibility index (Phi) is 5.37. The van der Waals surface area contributed by atoms with Crippen LogP contribution in [0.5, 0.6) is 0 Å². The summed E-state index contributed by atoms with van der Waals surface area (Å²) in [4.78, 5) is 23.7. The van der Waals surface area contributed by atoms with Crippen molar-refractivity contribution in [1.29, 1.82) is 0 Å². The Morgan fingerprint density at radius 1 is 1.45 bits per heavy atom. The lowest BCUT2D eigenvalue weighted by atomic mass is 10.3. The van der Waals surface area contributed by atoms with Gasteiger partial charge in [0.1, 0.15) is 5.82 Å². The van der Waals surface area contributed by atoms with E-state index in [4.69, 9.17) is 0 Å². The summed E-state index contributed by atoms with van der Waals surface area (Å²) < 4.78 is 14.3. The fourth-order valence-electron chi connectivity index (χ4n) is 1.80. The molecule has 6 nitrogen and oxygen atoms in total. The summed E-state index contributed by atoms with van der Waals surface area (Å²) in [6, 6.07) is 5.54. The van der Waals surface area contributed by atoms with Gasteiger partial charge in [0.05, 0.1) is 5.25 Å². The minimum Gasteiger partial charge on any atom is -0.325 e. The predicted molar refractivity (Wildman–Crippen MR) is 83.5 cm³/mol. The number of hydrogen-bond donors (Lipinski definition) is 2. The lowest BCUT2D eigenvalue weighted by Gasteiger charge is -2.12. The highest BCUT2D eigenvalue weighted by Gasteiger charge is 2.18. The van der Waals surface area contributed by atoms with Crippen LogP contribution in [0.4, 0.5) is 10.1 Å². The third-order valence-electron chi connectivity index (χ3n) is 2.93. The van der Waals surface area contributed by atoms with Crippen LogP contribution in [0, 0.1) is 5.82 Å². The Morgan fingerprint density at radius 2 is 2.14 bits per heavy atom. The number of carbonyl (C=O) groups excluding carboxylic acids is 1. The zero-order valence-electron chi connectivity index (χ0n) is 12.3. The second-order valence-corrected chi connectivity index (χ2v) is 6.03. The van der Waals surface area contributed by atoms with E-state index < -0.39 is 5.25 Å². The van der Waals surface area contributed by atoms with Crippen LogP contribution >= 0.6 is 11.8 Å². The third kappa shape index (κ3) is 3.97. The first-order chi connectivity index (χ1) is 10.5. The number of amides is 1. The quantitative estimate of drug-likeness (QED) is 0.799. The van der Waals surface area contributed by atoms with Crippen molar-refractivity contribution < 1.29 is 9.18 Å². The number of aromatic amines is 1. The van der Waals surface area contributed by atoms with E-state index in [0.717, 1.165) is 6.42 Å². The van der Waals surface area contributed by atoms with E-state index in [9.17, 15) is 14.0 Å². The van der Waals surface area contributed by atoms with Gasteiger partial charge in [-0.25, -0.2) is 14.3 Å². The molecule has 1 aromatic heterocycles. The van der Waals surface area contributed by atoms with Gasteiger partial charge in [0.25, 0.3) is 0 Å². The first-order valence-corrected chi connectivity index (χ1v) is 7.77. The van der Waals surface area contributed by atoms with Gasteiger partial charge >= 0.3 is 5.69 Å². The van der Waals surface area contributed by atoms with Gasteiger partial charge in [-0.15, -0.1) is 5.10 Å². The molecule has 2 rings (SSSR count). The average Bonchev–Trinajstić information content (AvgIpc) is 2.83. The van der Waals surface area contributed by atoms with Crippen molar-refractivity contribution >= 4 is 23.4 Å². The highest BCUT2D eigenvalue weighted by molar-refractivity contribution is 8.00. The number of halogens is 1. The van der Waals surface area contributed by atoms with Crippen molar-refractivity contribution in [2.45, 2.75) is 37.2 Å².